The minimum absolute atomic E-state index is 0.443. The second-order valence-electron chi connectivity index (χ2n) is 3.03. The molecule has 0 radical (unpaired) electrons. The number of para-hydroxylation sites is 1. The molecule has 1 aromatic carbocycles. The lowest BCUT2D eigenvalue weighted by molar-refractivity contribution is 0.191. The van der Waals surface area contributed by atoms with Gasteiger partial charge in [0.05, 0.1) is 16.6 Å². The molecule has 1 aromatic heterocycles. The van der Waals surface area contributed by atoms with E-state index in [2.05, 4.69) is 0 Å². The van der Waals surface area contributed by atoms with Gasteiger partial charge in [-0.1, -0.05) is 18.2 Å². The minimum Gasteiger partial charge on any atom is -0.428 e. The molecule has 3 nitrogen and oxygen atoms in total. The smallest absolute Gasteiger partial charge is 0.0889 e. The third-order valence-electron chi connectivity index (χ3n) is 2.11. The first-order valence-electron chi connectivity index (χ1n) is 4.05. The first-order chi connectivity index (χ1) is 6.20. The van der Waals surface area contributed by atoms with Crippen LogP contribution in [0.4, 0.5) is 0 Å². The molecule has 66 valence electrons. The van der Waals surface area contributed by atoms with Crippen molar-refractivity contribution in [1.82, 2.24) is 4.73 Å². The highest BCUT2D eigenvalue weighted by molar-refractivity contribution is 5.78. The fourth-order valence-corrected chi connectivity index (χ4v) is 1.42. The summed E-state index contributed by atoms with van der Waals surface area (Å²) in [4.78, 5) is 0. The molecule has 2 N–H and O–H groups in total. The van der Waals surface area contributed by atoms with Gasteiger partial charge in [-0.15, -0.1) is 0 Å². The van der Waals surface area contributed by atoms with Crippen LogP contribution in [0.2, 0.25) is 0 Å². The molecule has 0 aliphatic carbocycles. The summed E-state index contributed by atoms with van der Waals surface area (Å²) >= 11 is 0. The van der Waals surface area contributed by atoms with Gasteiger partial charge in [-0.25, -0.2) is 0 Å². The Bertz CT molecular complexity index is 514. The van der Waals surface area contributed by atoms with Crippen LogP contribution in [0.15, 0.2) is 30.3 Å². The summed E-state index contributed by atoms with van der Waals surface area (Å²) in [6, 6.07) is 8.95. The van der Waals surface area contributed by atoms with Crippen molar-refractivity contribution in [3.05, 3.63) is 41.4 Å². The molecule has 0 saturated carbocycles. The molecule has 13 heavy (non-hydrogen) atoms. The molecule has 0 aliphatic heterocycles. The number of rotatable bonds is 0. The number of aromatic nitrogens is 1. The van der Waals surface area contributed by atoms with E-state index in [4.69, 9.17) is 5.41 Å². The van der Waals surface area contributed by atoms with Crippen molar-refractivity contribution in [2.45, 2.75) is 6.92 Å². The van der Waals surface area contributed by atoms with Crippen LogP contribution in [0, 0.1) is 12.3 Å². The summed E-state index contributed by atoms with van der Waals surface area (Å²) in [6.45, 7) is 1.77. The van der Waals surface area contributed by atoms with Crippen molar-refractivity contribution >= 4 is 10.9 Å². The number of fused-ring (bicyclic) bond motifs is 1. The fourth-order valence-electron chi connectivity index (χ4n) is 1.42. The van der Waals surface area contributed by atoms with Crippen molar-refractivity contribution < 1.29 is 5.21 Å². The average Bonchev–Trinajstić information content (AvgIpc) is 2.15. The summed E-state index contributed by atoms with van der Waals surface area (Å²) in [5.41, 5.74) is 1.34. The zero-order valence-electron chi connectivity index (χ0n) is 7.28. The Morgan fingerprint density at radius 2 is 2.00 bits per heavy atom. The first kappa shape index (κ1) is 7.86. The van der Waals surface area contributed by atoms with Gasteiger partial charge in [-0.05, 0) is 19.1 Å². The van der Waals surface area contributed by atoms with E-state index in [0.717, 1.165) is 10.1 Å². The van der Waals surface area contributed by atoms with Gasteiger partial charge in [0.2, 0.25) is 0 Å². The summed E-state index contributed by atoms with van der Waals surface area (Å²) in [5, 5.41) is 18.5. The summed E-state index contributed by atoms with van der Waals surface area (Å²) in [5.74, 6) is 0. The van der Waals surface area contributed by atoms with Crippen LogP contribution in [0.3, 0.4) is 0 Å². The number of hydrogen-bond donors (Lipinski definition) is 2. The number of nitrogens with one attached hydrogen (secondary N) is 1. The molecule has 1 heterocycles. The van der Waals surface area contributed by atoms with E-state index < -0.39 is 0 Å². The number of aryl methyl sites for hydroxylation is 1. The summed E-state index contributed by atoms with van der Waals surface area (Å²) in [6.07, 6.45) is 0. The SMILES string of the molecule is Cc1cc(=N)c2ccccc2n1O. The third kappa shape index (κ3) is 1.09. The Hall–Kier alpha value is -1.77. The highest BCUT2D eigenvalue weighted by Crippen LogP contribution is 2.09. The fraction of sp³-hybridized carbons (Fsp3) is 0.100. The van der Waals surface area contributed by atoms with E-state index in [0.29, 0.717) is 16.6 Å². The van der Waals surface area contributed by atoms with E-state index >= 15 is 0 Å². The normalized spacial score (nSPS) is 10.5. The van der Waals surface area contributed by atoms with Crippen LogP contribution < -0.4 is 5.36 Å². The Balaban J connectivity index is 3.06. The van der Waals surface area contributed by atoms with Crippen LogP contribution in [0.1, 0.15) is 5.69 Å². The Kier molecular flexibility index (Phi) is 1.59. The molecule has 0 atom stereocenters. The van der Waals surface area contributed by atoms with Gasteiger partial charge >= 0.3 is 0 Å². The Morgan fingerprint density at radius 1 is 1.31 bits per heavy atom. The van der Waals surface area contributed by atoms with Crippen molar-refractivity contribution in [2.24, 2.45) is 0 Å². The van der Waals surface area contributed by atoms with E-state index in [1.165, 1.54) is 0 Å². The molecule has 2 rings (SSSR count). The second kappa shape index (κ2) is 2.62. The van der Waals surface area contributed by atoms with E-state index in [-0.39, 0.29) is 0 Å². The molecule has 0 unspecified atom stereocenters. The van der Waals surface area contributed by atoms with Crippen molar-refractivity contribution in [2.75, 3.05) is 0 Å². The van der Waals surface area contributed by atoms with Crippen LogP contribution in [-0.4, -0.2) is 9.94 Å². The van der Waals surface area contributed by atoms with Gasteiger partial charge in [0.1, 0.15) is 0 Å². The molecule has 0 spiro atoms. The maximum Gasteiger partial charge on any atom is 0.0889 e. The minimum atomic E-state index is 0.443. The van der Waals surface area contributed by atoms with Gasteiger partial charge in [0.25, 0.3) is 0 Å². The Labute approximate surface area is 75.3 Å². The number of pyridine rings is 1. The topological polar surface area (TPSA) is 49.0 Å². The molecular formula is C10H10N2O. The highest BCUT2D eigenvalue weighted by atomic mass is 16.5. The molecule has 0 amide bonds. The average molecular weight is 174 g/mol. The highest BCUT2D eigenvalue weighted by Gasteiger charge is 2.00. The molecule has 0 fully saturated rings. The van der Waals surface area contributed by atoms with Gasteiger partial charge < -0.3 is 10.6 Å². The molecule has 0 bridgehead atoms. The lowest BCUT2D eigenvalue weighted by atomic mass is 10.2. The molecular weight excluding hydrogens is 164 g/mol. The first-order valence-corrected chi connectivity index (χ1v) is 4.05. The summed E-state index contributed by atoms with van der Waals surface area (Å²) < 4.78 is 1.10. The zero-order chi connectivity index (χ0) is 9.42. The van der Waals surface area contributed by atoms with Crippen LogP contribution in [0.5, 0.6) is 0 Å². The van der Waals surface area contributed by atoms with Gasteiger partial charge in [0.15, 0.2) is 0 Å². The quantitative estimate of drug-likeness (QED) is 0.586. The van der Waals surface area contributed by atoms with Gasteiger partial charge in [-0.3, -0.25) is 0 Å². The maximum atomic E-state index is 9.62. The molecule has 3 heteroatoms. The van der Waals surface area contributed by atoms with Crippen molar-refractivity contribution in [3.63, 3.8) is 0 Å². The lowest BCUT2D eigenvalue weighted by Gasteiger charge is -2.06. The van der Waals surface area contributed by atoms with Crippen LogP contribution in [0.25, 0.3) is 10.9 Å². The predicted molar refractivity (Wildman–Crippen MR) is 49.7 cm³/mol. The van der Waals surface area contributed by atoms with Crippen molar-refractivity contribution in [1.29, 1.82) is 5.41 Å². The largest absolute Gasteiger partial charge is 0.428 e. The van der Waals surface area contributed by atoms with Gasteiger partial charge in [-0.2, -0.15) is 4.73 Å². The molecule has 2 aromatic rings. The summed E-state index contributed by atoms with van der Waals surface area (Å²) in [7, 11) is 0. The number of nitrogens with zero attached hydrogens (tertiary/aromatic N) is 1. The Morgan fingerprint density at radius 3 is 2.77 bits per heavy atom. The van der Waals surface area contributed by atoms with E-state index in [9.17, 15) is 5.21 Å². The van der Waals surface area contributed by atoms with Crippen LogP contribution in [-0.2, 0) is 0 Å². The van der Waals surface area contributed by atoms with Gasteiger partial charge in [0, 0.05) is 5.39 Å². The van der Waals surface area contributed by atoms with E-state index in [1.54, 1.807) is 19.1 Å². The predicted octanol–water partition coefficient (Wildman–Crippen LogP) is 1.67. The maximum absolute atomic E-state index is 9.62. The third-order valence-corrected chi connectivity index (χ3v) is 2.11. The van der Waals surface area contributed by atoms with E-state index in [1.807, 2.05) is 18.2 Å². The zero-order valence-corrected chi connectivity index (χ0v) is 7.28. The number of hydrogen-bond acceptors (Lipinski definition) is 2. The standard InChI is InChI=1S/C10H10N2O/c1-7-6-9(11)8-4-2-3-5-10(8)12(7)13/h2-6,11,13H,1H3. The lowest BCUT2D eigenvalue weighted by Crippen LogP contribution is -2.09. The molecule has 0 saturated heterocycles. The van der Waals surface area contributed by atoms with Crippen molar-refractivity contribution in [3.8, 4) is 0 Å². The molecule has 0 aliphatic rings. The number of benzene rings is 1. The monoisotopic (exact) mass is 174 g/mol. The van der Waals surface area contributed by atoms with Crippen LogP contribution >= 0.6 is 0 Å². The second-order valence-corrected chi connectivity index (χ2v) is 3.03.